The third kappa shape index (κ3) is 4.52. The van der Waals surface area contributed by atoms with Crippen molar-refractivity contribution in [2.75, 3.05) is 6.54 Å². The molecule has 1 N–H and O–H groups in total. The second-order valence-corrected chi connectivity index (χ2v) is 8.78. The highest BCUT2D eigenvalue weighted by Crippen LogP contribution is 2.37. The zero-order valence-electron chi connectivity index (χ0n) is 19.3. The van der Waals surface area contributed by atoms with E-state index in [4.69, 9.17) is 0 Å². The largest absolute Gasteiger partial charge is 0.480 e. The summed E-state index contributed by atoms with van der Waals surface area (Å²) in [4.78, 5) is 27.0. The summed E-state index contributed by atoms with van der Waals surface area (Å²) in [5, 5.41) is 10.6. The summed E-state index contributed by atoms with van der Waals surface area (Å²) in [6, 6.07) is 13.9. The molecule has 0 bridgehead atoms. The Hall–Kier alpha value is -3.15. The van der Waals surface area contributed by atoms with Gasteiger partial charge in [-0.15, -0.1) is 0 Å². The average Bonchev–Trinajstić information content (AvgIpc) is 3.12. The van der Waals surface area contributed by atoms with Gasteiger partial charge in [0.15, 0.2) is 0 Å². The van der Waals surface area contributed by atoms with Gasteiger partial charge in [-0.05, 0) is 68.4 Å². The minimum Gasteiger partial charge on any atom is -0.480 e. The average molecular weight is 451 g/mol. The number of halogens is 1. The fraction of sp³-hybridized carbons (Fsp3) is 0.407. The van der Waals surface area contributed by atoms with Gasteiger partial charge in [0.1, 0.15) is 11.9 Å². The summed E-state index contributed by atoms with van der Waals surface area (Å²) < 4.78 is 16.1. The molecule has 2 aromatic carbocycles. The van der Waals surface area contributed by atoms with E-state index < -0.39 is 12.0 Å². The van der Waals surface area contributed by atoms with E-state index in [2.05, 4.69) is 0 Å². The van der Waals surface area contributed by atoms with E-state index in [1.54, 1.807) is 6.07 Å². The third-order valence-electron chi connectivity index (χ3n) is 6.89. The topological polar surface area (TPSA) is 62.5 Å². The van der Waals surface area contributed by atoms with Crippen LogP contribution in [-0.4, -0.2) is 39.0 Å². The molecule has 1 heterocycles. The van der Waals surface area contributed by atoms with Crippen LogP contribution in [0.4, 0.5) is 4.39 Å². The number of nitrogens with zero attached hydrogens (tertiary/aromatic N) is 2. The van der Waals surface area contributed by atoms with Gasteiger partial charge < -0.3 is 14.6 Å². The fourth-order valence-corrected chi connectivity index (χ4v) is 5.31. The SMILES string of the molecule is CCC(C(=O)O)n1c2c(c3cc(F)ccc31)C[C@@H](N(CC)C(=O)CCc1ccccc1)CC2. The number of aromatic nitrogens is 1. The van der Waals surface area contributed by atoms with Gasteiger partial charge in [0.2, 0.25) is 5.91 Å². The summed E-state index contributed by atoms with van der Waals surface area (Å²) in [6.45, 7) is 4.47. The zero-order chi connectivity index (χ0) is 23.5. The van der Waals surface area contributed by atoms with Crippen LogP contribution in [0.25, 0.3) is 10.9 Å². The first-order valence-corrected chi connectivity index (χ1v) is 11.8. The van der Waals surface area contributed by atoms with E-state index in [0.29, 0.717) is 38.6 Å². The maximum absolute atomic E-state index is 14.2. The number of hydrogen-bond acceptors (Lipinski definition) is 2. The Morgan fingerprint density at radius 2 is 1.94 bits per heavy atom. The molecule has 0 radical (unpaired) electrons. The molecule has 0 saturated heterocycles. The van der Waals surface area contributed by atoms with Gasteiger partial charge in [-0.3, -0.25) is 4.79 Å². The molecule has 33 heavy (non-hydrogen) atoms. The quantitative estimate of drug-likeness (QED) is 0.516. The highest BCUT2D eigenvalue weighted by Gasteiger charge is 2.33. The standard InChI is InChI=1S/C27H31FN2O3/c1-3-23(27(32)33)30-24-13-11-19(28)16-21(24)22-17-20(12-14-25(22)30)29(4-2)26(31)15-10-18-8-6-5-7-9-18/h5-9,11,13,16,20,23H,3-4,10,12,14-15,17H2,1-2H3,(H,32,33)/t20-,23?/m0/s1. The number of likely N-dealkylation sites (N-methyl/N-ethyl adjacent to an activating group) is 1. The molecule has 6 heteroatoms. The zero-order valence-corrected chi connectivity index (χ0v) is 19.3. The number of carboxylic acids is 1. The Balaban J connectivity index is 1.63. The highest BCUT2D eigenvalue weighted by atomic mass is 19.1. The first-order chi connectivity index (χ1) is 15.9. The molecule has 0 fully saturated rings. The molecule has 0 saturated carbocycles. The lowest BCUT2D eigenvalue weighted by molar-refractivity contribution is -0.141. The number of carboxylic acid groups (broad SMARTS) is 1. The monoisotopic (exact) mass is 450 g/mol. The summed E-state index contributed by atoms with van der Waals surface area (Å²) >= 11 is 0. The molecule has 1 aromatic heterocycles. The highest BCUT2D eigenvalue weighted by molar-refractivity contribution is 5.88. The van der Waals surface area contributed by atoms with Crippen molar-refractivity contribution in [1.29, 1.82) is 0 Å². The number of aliphatic carboxylic acids is 1. The Morgan fingerprint density at radius 3 is 2.61 bits per heavy atom. The number of carbonyl (C=O) groups is 2. The molecule has 4 rings (SSSR count). The van der Waals surface area contributed by atoms with Crippen molar-refractivity contribution < 1.29 is 19.1 Å². The predicted molar refractivity (Wildman–Crippen MR) is 127 cm³/mol. The number of rotatable bonds is 8. The molecular weight excluding hydrogens is 419 g/mol. The molecule has 1 amide bonds. The first kappa shape index (κ1) is 23.0. The molecule has 0 spiro atoms. The maximum atomic E-state index is 14.2. The Bertz CT molecular complexity index is 1160. The van der Waals surface area contributed by atoms with E-state index in [-0.39, 0.29) is 17.8 Å². The number of carbonyl (C=O) groups excluding carboxylic acids is 1. The number of benzene rings is 2. The number of fused-ring (bicyclic) bond motifs is 3. The van der Waals surface area contributed by atoms with Crippen LogP contribution in [0.3, 0.4) is 0 Å². The molecular formula is C27H31FN2O3. The van der Waals surface area contributed by atoms with Crippen molar-refractivity contribution in [1.82, 2.24) is 9.47 Å². The lowest BCUT2D eigenvalue weighted by atomic mass is 9.89. The van der Waals surface area contributed by atoms with Gasteiger partial charge in [-0.25, -0.2) is 9.18 Å². The van der Waals surface area contributed by atoms with Crippen LogP contribution in [0.15, 0.2) is 48.5 Å². The predicted octanol–water partition coefficient (Wildman–Crippen LogP) is 5.15. The van der Waals surface area contributed by atoms with Crippen LogP contribution < -0.4 is 0 Å². The molecule has 1 aliphatic carbocycles. The van der Waals surface area contributed by atoms with Crippen LogP contribution in [-0.2, 0) is 28.9 Å². The summed E-state index contributed by atoms with van der Waals surface area (Å²) in [5.41, 5.74) is 3.85. The van der Waals surface area contributed by atoms with Gasteiger partial charge in [0.25, 0.3) is 0 Å². The molecule has 1 aliphatic rings. The Kier molecular flexibility index (Phi) is 6.82. The molecule has 1 unspecified atom stereocenters. The minimum absolute atomic E-state index is 0.0259. The second kappa shape index (κ2) is 9.77. The van der Waals surface area contributed by atoms with Crippen LogP contribution in [0.2, 0.25) is 0 Å². The smallest absolute Gasteiger partial charge is 0.326 e. The van der Waals surface area contributed by atoms with Crippen LogP contribution >= 0.6 is 0 Å². The number of aryl methyl sites for hydroxylation is 1. The van der Waals surface area contributed by atoms with Gasteiger partial charge in [0.05, 0.1) is 0 Å². The van der Waals surface area contributed by atoms with E-state index in [1.165, 1.54) is 12.1 Å². The summed E-state index contributed by atoms with van der Waals surface area (Å²) in [6.07, 6.45) is 3.66. The van der Waals surface area contributed by atoms with E-state index in [9.17, 15) is 19.1 Å². The van der Waals surface area contributed by atoms with E-state index >= 15 is 0 Å². The van der Waals surface area contributed by atoms with Crippen LogP contribution in [0.5, 0.6) is 0 Å². The Labute approximate surface area is 193 Å². The van der Waals surface area contributed by atoms with Gasteiger partial charge in [-0.2, -0.15) is 0 Å². The van der Waals surface area contributed by atoms with Crippen molar-refractivity contribution in [2.45, 2.75) is 64.5 Å². The van der Waals surface area contributed by atoms with Crippen molar-refractivity contribution in [3.05, 3.63) is 71.2 Å². The first-order valence-electron chi connectivity index (χ1n) is 11.8. The normalized spacial score (nSPS) is 16.4. The van der Waals surface area contributed by atoms with Crippen molar-refractivity contribution >= 4 is 22.8 Å². The van der Waals surface area contributed by atoms with Gasteiger partial charge >= 0.3 is 5.97 Å². The lowest BCUT2D eigenvalue weighted by Gasteiger charge is -2.34. The summed E-state index contributed by atoms with van der Waals surface area (Å²) in [7, 11) is 0. The minimum atomic E-state index is -0.880. The van der Waals surface area contributed by atoms with Gasteiger partial charge in [0, 0.05) is 35.6 Å². The molecule has 3 aromatic rings. The van der Waals surface area contributed by atoms with Crippen LogP contribution in [0.1, 0.15) is 56.0 Å². The number of amides is 1. The maximum Gasteiger partial charge on any atom is 0.326 e. The van der Waals surface area contributed by atoms with Crippen molar-refractivity contribution in [3.8, 4) is 0 Å². The van der Waals surface area contributed by atoms with Crippen molar-refractivity contribution in [2.24, 2.45) is 0 Å². The van der Waals surface area contributed by atoms with E-state index in [0.717, 1.165) is 34.1 Å². The Morgan fingerprint density at radius 1 is 1.18 bits per heavy atom. The molecule has 2 atom stereocenters. The van der Waals surface area contributed by atoms with Crippen molar-refractivity contribution in [3.63, 3.8) is 0 Å². The van der Waals surface area contributed by atoms with Crippen LogP contribution in [0, 0.1) is 5.82 Å². The van der Waals surface area contributed by atoms with Gasteiger partial charge in [-0.1, -0.05) is 37.3 Å². The lowest BCUT2D eigenvalue weighted by Crippen LogP contribution is -2.43. The fourth-order valence-electron chi connectivity index (χ4n) is 5.31. The van der Waals surface area contributed by atoms with E-state index in [1.807, 2.05) is 53.6 Å². The third-order valence-corrected chi connectivity index (χ3v) is 6.89. The molecule has 0 aliphatic heterocycles. The molecule has 174 valence electrons. The summed E-state index contributed by atoms with van der Waals surface area (Å²) in [5.74, 6) is -1.09. The second-order valence-electron chi connectivity index (χ2n) is 8.78. The number of hydrogen-bond donors (Lipinski definition) is 1. The molecule has 5 nitrogen and oxygen atoms in total.